The minimum Gasteiger partial charge on any atom is -0.459 e. The first kappa shape index (κ1) is 20.2. The number of anilines is 1. The van der Waals surface area contributed by atoms with Crippen LogP contribution >= 0.6 is 0 Å². The highest BCUT2D eigenvalue weighted by molar-refractivity contribution is 6.04. The lowest BCUT2D eigenvalue weighted by Gasteiger charge is -2.37. The lowest BCUT2D eigenvalue weighted by molar-refractivity contribution is 0.0867. The first-order chi connectivity index (χ1) is 13.3. The summed E-state index contributed by atoms with van der Waals surface area (Å²) in [7, 11) is 0. The second-order valence-corrected chi connectivity index (χ2v) is 8.37. The summed E-state index contributed by atoms with van der Waals surface area (Å²) in [5.41, 5.74) is 2.07. The van der Waals surface area contributed by atoms with Crippen LogP contribution in [0.3, 0.4) is 0 Å². The van der Waals surface area contributed by atoms with Crippen LogP contribution in [0.5, 0.6) is 0 Å². The molecule has 3 atom stereocenters. The Hall–Kier alpha value is -2.56. The average molecular weight is 383 g/mol. The third kappa shape index (κ3) is 4.64. The monoisotopic (exact) mass is 382 g/mol. The molecule has 28 heavy (non-hydrogen) atoms. The second-order valence-electron chi connectivity index (χ2n) is 8.37. The van der Waals surface area contributed by atoms with Gasteiger partial charge in [-0.15, -0.1) is 0 Å². The van der Waals surface area contributed by atoms with Crippen LogP contribution in [0.1, 0.15) is 66.5 Å². The number of furan rings is 1. The number of hydrogen-bond donors (Lipinski definition) is 2. The first-order valence-electron chi connectivity index (χ1n) is 10.1. The predicted octanol–water partition coefficient (Wildman–Crippen LogP) is 5.03. The third-order valence-electron chi connectivity index (χ3n) is 5.83. The topological polar surface area (TPSA) is 71.3 Å². The zero-order valence-corrected chi connectivity index (χ0v) is 17.1. The molecular weight excluding hydrogens is 352 g/mol. The van der Waals surface area contributed by atoms with E-state index in [-0.39, 0.29) is 23.6 Å². The Balaban J connectivity index is 1.74. The van der Waals surface area contributed by atoms with Crippen molar-refractivity contribution in [3.63, 3.8) is 0 Å². The molecule has 2 N–H and O–H groups in total. The number of carbonyl (C=O) groups excluding carboxylic acids is 2. The summed E-state index contributed by atoms with van der Waals surface area (Å²) in [6, 6.07) is 8.88. The normalized spacial score (nSPS) is 22.1. The maximum Gasteiger partial charge on any atom is 0.291 e. The number of hydrogen-bond acceptors (Lipinski definition) is 3. The van der Waals surface area contributed by atoms with E-state index in [9.17, 15) is 9.59 Å². The third-order valence-corrected chi connectivity index (χ3v) is 5.83. The molecule has 0 radical (unpaired) electrons. The zero-order chi connectivity index (χ0) is 20.3. The number of nitrogens with one attached hydrogen (secondary N) is 2. The Bertz CT molecular complexity index is 826. The van der Waals surface area contributed by atoms with E-state index in [1.54, 1.807) is 18.2 Å². The Labute approximate surface area is 166 Å². The van der Waals surface area contributed by atoms with Gasteiger partial charge in [-0.2, -0.15) is 0 Å². The molecule has 0 aliphatic heterocycles. The van der Waals surface area contributed by atoms with E-state index in [0.29, 0.717) is 29.0 Å². The minimum absolute atomic E-state index is 0.0850. The molecule has 1 heterocycles. The highest BCUT2D eigenvalue weighted by Crippen LogP contribution is 2.33. The molecule has 0 spiro atoms. The SMILES string of the molecule is Cc1ccc(C(=O)NC2CC(C)CCC2C(C)C)cc1NC(=O)c1ccco1. The van der Waals surface area contributed by atoms with E-state index in [1.165, 1.54) is 12.7 Å². The average Bonchev–Trinajstić information content (AvgIpc) is 3.18. The van der Waals surface area contributed by atoms with E-state index >= 15 is 0 Å². The highest BCUT2D eigenvalue weighted by atomic mass is 16.3. The summed E-state index contributed by atoms with van der Waals surface area (Å²) in [4.78, 5) is 25.2. The van der Waals surface area contributed by atoms with Crippen LogP contribution in [0.2, 0.25) is 0 Å². The predicted molar refractivity (Wildman–Crippen MR) is 110 cm³/mol. The Morgan fingerprint density at radius 3 is 2.61 bits per heavy atom. The smallest absolute Gasteiger partial charge is 0.291 e. The highest BCUT2D eigenvalue weighted by Gasteiger charge is 2.31. The van der Waals surface area contributed by atoms with Gasteiger partial charge in [-0.25, -0.2) is 0 Å². The van der Waals surface area contributed by atoms with Gasteiger partial charge in [-0.3, -0.25) is 9.59 Å². The molecule has 0 saturated heterocycles. The van der Waals surface area contributed by atoms with Crippen LogP contribution < -0.4 is 10.6 Å². The van der Waals surface area contributed by atoms with E-state index in [4.69, 9.17) is 4.42 Å². The van der Waals surface area contributed by atoms with Crippen molar-refractivity contribution in [2.75, 3.05) is 5.32 Å². The quantitative estimate of drug-likeness (QED) is 0.762. The van der Waals surface area contributed by atoms with Gasteiger partial charge in [-0.05, 0) is 67.3 Å². The Morgan fingerprint density at radius 1 is 1.14 bits per heavy atom. The number of amides is 2. The summed E-state index contributed by atoms with van der Waals surface area (Å²) in [5.74, 6) is 1.50. The van der Waals surface area contributed by atoms with Crippen LogP contribution in [0.25, 0.3) is 0 Å². The molecule has 5 nitrogen and oxygen atoms in total. The van der Waals surface area contributed by atoms with Crippen molar-refractivity contribution in [2.24, 2.45) is 17.8 Å². The van der Waals surface area contributed by atoms with Crippen molar-refractivity contribution < 1.29 is 14.0 Å². The summed E-state index contributed by atoms with van der Waals surface area (Å²) < 4.78 is 5.14. The molecule has 1 aliphatic carbocycles. The zero-order valence-electron chi connectivity index (χ0n) is 17.1. The van der Waals surface area contributed by atoms with Gasteiger partial charge < -0.3 is 15.1 Å². The molecule has 1 aliphatic rings. The van der Waals surface area contributed by atoms with Crippen molar-refractivity contribution in [3.8, 4) is 0 Å². The van der Waals surface area contributed by atoms with E-state index in [0.717, 1.165) is 18.4 Å². The Kier molecular flexibility index (Phi) is 6.22. The maximum absolute atomic E-state index is 12.9. The fraction of sp³-hybridized carbons (Fsp3) is 0.478. The van der Waals surface area contributed by atoms with Crippen molar-refractivity contribution in [1.29, 1.82) is 0 Å². The molecule has 3 unspecified atom stereocenters. The molecule has 2 amide bonds. The van der Waals surface area contributed by atoms with E-state index in [2.05, 4.69) is 31.4 Å². The minimum atomic E-state index is -0.327. The number of benzene rings is 1. The number of carbonyl (C=O) groups is 2. The number of rotatable bonds is 5. The van der Waals surface area contributed by atoms with Crippen molar-refractivity contribution >= 4 is 17.5 Å². The van der Waals surface area contributed by atoms with Gasteiger partial charge in [0.25, 0.3) is 11.8 Å². The molecule has 1 fully saturated rings. The largest absolute Gasteiger partial charge is 0.459 e. The second kappa shape index (κ2) is 8.63. The van der Waals surface area contributed by atoms with Gasteiger partial charge in [0.1, 0.15) is 0 Å². The van der Waals surface area contributed by atoms with Crippen LogP contribution in [-0.4, -0.2) is 17.9 Å². The van der Waals surface area contributed by atoms with Crippen molar-refractivity contribution in [2.45, 2.75) is 53.0 Å². The molecule has 0 bridgehead atoms. The number of aryl methyl sites for hydroxylation is 1. The van der Waals surface area contributed by atoms with Gasteiger partial charge in [0.05, 0.1) is 6.26 Å². The molecule has 1 aromatic carbocycles. The molecule has 1 aromatic heterocycles. The van der Waals surface area contributed by atoms with Gasteiger partial charge in [0.2, 0.25) is 0 Å². The van der Waals surface area contributed by atoms with Gasteiger partial charge in [0.15, 0.2) is 5.76 Å². The molecule has 1 saturated carbocycles. The molecule has 5 heteroatoms. The fourth-order valence-corrected chi connectivity index (χ4v) is 4.11. The summed E-state index contributed by atoms with van der Waals surface area (Å²) in [5, 5.41) is 6.09. The maximum atomic E-state index is 12.9. The molecular formula is C23H30N2O3. The Morgan fingerprint density at radius 2 is 1.93 bits per heavy atom. The van der Waals surface area contributed by atoms with E-state index < -0.39 is 0 Å². The lowest BCUT2D eigenvalue weighted by atomic mass is 9.74. The van der Waals surface area contributed by atoms with Gasteiger partial charge >= 0.3 is 0 Å². The van der Waals surface area contributed by atoms with Gasteiger partial charge in [0, 0.05) is 17.3 Å². The standard InChI is InChI=1S/C23H30N2O3/c1-14(2)18-10-7-15(3)12-20(18)25-22(26)17-9-8-16(4)19(13-17)24-23(27)21-6-5-11-28-21/h5-6,8-9,11,13-15,18,20H,7,10,12H2,1-4H3,(H,24,27)(H,25,26). The lowest BCUT2D eigenvalue weighted by Crippen LogP contribution is -2.45. The first-order valence-corrected chi connectivity index (χ1v) is 10.1. The summed E-state index contributed by atoms with van der Waals surface area (Å²) >= 11 is 0. The fourth-order valence-electron chi connectivity index (χ4n) is 4.11. The molecule has 150 valence electrons. The van der Waals surface area contributed by atoms with Crippen LogP contribution in [0.4, 0.5) is 5.69 Å². The summed E-state index contributed by atoms with van der Waals surface area (Å²) in [6.45, 7) is 8.61. The van der Waals surface area contributed by atoms with Crippen LogP contribution in [0, 0.1) is 24.7 Å². The van der Waals surface area contributed by atoms with Crippen LogP contribution in [0.15, 0.2) is 41.0 Å². The van der Waals surface area contributed by atoms with Gasteiger partial charge in [-0.1, -0.05) is 33.3 Å². The molecule has 3 rings (SSSR count). The van der Waals surface area contributed by atoms with E-state index in [1.807, 2.05) is 19.1 Å². The van der Waals surface area contributed by atoms with Crippen LogP contribution in [-0.2, 0) is 0 Å². The van der Waals surface area contributed by atoms with Crippen molar-refractivity contribution in [3.05, 3.63) is 53.5 Å². The van der Waals surface area contributed by atoms with Crippen molar-refractivity contribution in [1.82, 2.24) is 5.32 Å². The molecule has 2 aromatic rings. The summed E-state index contributed by atoms with van der Waals surface area (Å²) in [6.07, 6.45) is 4.86.